The van der Waals surface area contributed by atoms with Gasteiger partial charge >= 0.3 is 6.03 Å². The predicted octanol–water partition coefficient (Wildman–Crippen LogP) is 4.02. The highest BCUT2D eigenvalue weighted by molar-refractivity contribution is 5.80. The van der Waals surface area contributed by atoms with Gasteiger partial charge in [-0.25, -0.2) is 14.8 Å². The molecule has 0 radical (unpaired) electrons. The Bertz CT molecular complexity index is 873. The Morgan fingerprint density at radius 2 is 1.97 bits per heavy atom. The molecule has 1 aliphatic heterocycles. The lowest BCUT2D eigenvalue weighted by Crippen LogP contribution is -2.46. The zero-order chi connectivity index (χ0) is 20.4. The lowest BCUT2D eigenvalue weighted by atomic mass is 9.95. The van der Waals surface area contributed by atoms with E-state index < -0.39 is 0 Å². The van der Waals surface area contributed by atoms with Crippen LogP contribution >= 0.6 is 0 Å². The van der Waals surface area contributed by atoms with E-state index in [4.69, 9.17) is 9.97 Å². The van der Waals surface area contributed by atoms with Crippen molar-refractivity contribution >= 4 is 23.0 Å². The third-order valence-electron chi connectivity index (χ3n) is 6.20. The molecule has 1 atom stereocenters. The molecule has 0 aromatic carbocycles. The normalized spacial score (nSPS) is 18.7. The van der Waals surface area contributed by atoms with Gasteiger partial charge < -0.3 is 15.5 Å². The Balaban J connectivity index is 1.50. The average Bonchev–Trinajstić information content (AvgIpc) is 3.58. The number of aromatic nitrogens is 3. The van der Waals surface area contributed by atoms with Gasteiger partial charge in [-0.15, -0.1) is 0 Å². The van der Waals surface area contributed by atoms with Crippen LogP contribution in [0.1, 0.15) is 76.0 Å². The first kappa shape index (κ1) is 19.9. The van der Waals surface area contributed by atoms with Crippen molar-refractivity contribution in [2.75, 3.05) is 25.0 Å². The number of piperidine rings is 1. The lowest BCUT2D eigenvalue weighted by molar-refractivity contribution is 0.184. The summed E-state index contributed by atoms with van der Waals surface area (Å²) in [6.45, 7) is 8.59. The minimum Gasteiger partial charge on any atom is -0.351 e. The number of nitrogens with one attached hydrogen (secondary N) is 2. The van der Waals surface area contributed by atoms with Gasteiger partial charge in [-0.2, -0.15) is 4.98 Å². The average molecular weight is 397 g/mol. The molecule has 2 aromatic heterocycles. The van der Waals surface area contributed by atoms with Gasteiger partial charge in [0, 0.05) is 48.9 Å². The van der Waals surface area contributed by atoms with Crippen molar-refractivity contribution in [3.8, 4) is 0 Å². The molecule has 3 heterocycles. The zero-order valence-corrected chi connectivity index (χ0v) is 17.7. The van der Waals surface area contributed by atoms with E-state index >= 15 is 0 Å². The first-order chi connectivity index (χ1) is 14.1. The maximum atomic E-state index is 12.0. The van der Waals surface area contributed by atoms with Crippen molar-refractivity contribution < 1.29 is 4.79 Å². The van der Waals surface area contributed by atoms with Crippen molar-refractivity contribution in [1.82, 2.24) is 25.2 Å². The summed E-state index contributed by atoms with van der Waals surface area (Å²) in [6.07, 6.45) is 7.28. The number of hydrogen-bond acceptors (Lipinski definition) is 5. The van der Waals surface area contributed by atoms with Crippen molar-refractivity contribution in [1.29, 1.82) is 0 Å². The fourth-order valence-electron chi connectivity index (χ4n) is 4.01. The van der Waals surface area contributed by atoms with Crippen LogP contribution in [0.15, 0.2) is 12.3 Å². The molecule has 2 aromatic rings. The third-order valence-corrected chi connectivity index (χ3v) is 6.20. The Hall–Kier alpha value is -2.44. The highest BCUT2D eigenvalue weighted by Crippen LogP contribution is 2.41. The van der Waals surface area contributed by atoms with E-state index in [-0.39, 0.29) is 12.1 Å². The second kappa shape index (κ2) is 8.51. The smallest absolute Gasteiger partial charge is 0.317 e. The zero-order valence-electron chi connectivity index (χ0n) is 17.7. The standard InChI is InChI=1S/C22H32N6O/c1-4-14(3)17-12-19(15-6-7-15)26-20-18(17)13-24-21(27-20)25-16-8-10-28(11-9-16)22(29)23-5-2/h12-16H,4-11H2,1-3H3,(H,23,29)(H,24,25,26,27). The van der Waals surface area contributed by atoms with Crippen molar-refractivity contribution in [3.05, 3.63) is 23.5 Å². The van der Waals surface area contributed by atoms with Crippen LogP contribution in [0, 0.1) is 0 Å². The second-order valence-electron chi connectivity index (χ2n) is 8.39. The minimum atomic E-state index is 0.0299. The first-order valence-corrected chi connectivity index (χ1v) is 11.1. The van der Waals surface area contributed by atoms with Crippen LogP contribution in [0.3, 0.4) is 0 Å². The molecule has 2 aliphatic rings. The van der Waals surface area contributed by atoms with Crippen LogP contribution in [-0.2, 0) is 0 Å². The molecular weight excluding hydrogens is 364 g/mol. The summed E-state index contributed by atoms with van der Waals surface area (Å²) in [6, 6.07) is 2.59. The van der Waals surface area contributed by atoms with Gasteiger partial charge in [0.05, 0.1) is 0 Å². The van der Waals surface area contributed by atoms with Crippen LogP contribution < -0.4 is 10.6 Å². The summed E-state index contributed by atoms with van der Waals surface area (Å²) in [5, 5.41) is 7.41. The summed E-state index contributed by atoms with van der Waals surface area (Å²) >= 11 is 0. The molecule has 0 spiro atoms. The number of amides is 2. The molecule has 7 heteroatoms. The van der Waals surface area contributed by atoms with Crippen LogP contribution in [0.4, 0.5) is 10.7 Å². The molecule has 1 saturated heterocycles. The summed E-state index contributed by atoms with van der Waals surface area (Å²) in [5.41, 5.74) is 3.32. The van der Waals surface area contributed by atoms with Gasteiger partial charge in [0.2, 0.25) is 5.95 Å². The number of nitrogens with zero attached hydrogens (tertiary/aromatic N) is 4. The number of carbonyl (C=O) groups is 1. The van der Waals surface area contributed by atoms with E-state index in [1.54, 1.807) is 0 Å². The molecular formula is C22H32N6O. The largest absolute Gasteiger partial charge is 0.351 e. The molecule has 156 valence electrons. The monoisotopic (exact) mass is 396 g/mol. The molecule has 7 nitrogen and oxygen atoms in total. The molecule has 29 heavy (non-hydrogen) atoms. The van der Waals surface area contributed by atoms with Crippen LogP contribution in [0.5, 0.6) is 0 Å². The SMILES string of the molecule is CCNC(=O)N1CCC(Nc2ncc3c(C(C)CC)cc(C4CC4)nc3n2)CC1. The summed E-state index contributed by atoms with van der Waals surface area (Å²) in [4.78, 5) is 28.1. The minimum absolute atomic E-state index is 0.0299. The Morgan fingerprint density at radius 3 is 2.62 bits per heavy atom. The first-order valence-electron chi connectivity index (χ1n) is 11.1. The number of urea groups is 1. The van der Waals surface area contributed by atoms with E-state index in [0.717, 1.165) is 43.4 Å². The van der Waals surface area contributed by atoms with Crippen LogP contribution in [-0.4, -0.2) is 51.6 Å². The number of hydrogen-bond donors (Lipinski definition) is 2. The van der Waals surface area contributed by atoms with Crippen LogP contribution in [0.25, 0.3) is 11.0 Å². The third kappa shape index (κ3) is 4.43. The molecule has 2 N–H and O–H groups in total. The summed E-state index contributed by atoms with van der Waals surface area (Å²) in [7, 11) is 0. The van der Waals surface area contributed by atoms with Crippen molar-refractivity contribution in [2.24, 2.45) is 0 Å². The summed E-state index contributed by atoms with van der Waals surface area (Å²) in [5.74, 6) is 1.72. The van der Waals surface area contributed by atoms with E-state index in [0.29, 0.717) is 24.3 Å². The number of fused-ring (bicyclic) bond motifs is 1. The quantitative estimate of drug-likeness (QED) is 0.770. The maximum Gasteiger partial charge on any atom is 0.317 e. The van der Waals surface area contributed by atoms with E-state index in [9.17, 15) is 4.79 Å². The number of anilines is 1. The molecule has 1 saturated carbocycles. The van der Waals surface area contributed by atoms with Crippen LogP contribution in [0.2, 0.25) is 0 Å². The molecule has 4 rings (SSSR count). The Kier molecular flexibility index (Phi) is 5.83. The van der Waals surface area contributed by atoms with Crippen molar-refractivity contribution in [2.45, 2.75) is 70.8 Å². The van der Waals surface area contributed by atoms with E-state index in [1.165, 1.54) is 24.1 Å². The Morgan fingerprint density at radius 1 is 1.21 bits per heavy atom. The number of likely N-dealkylation sites (tertiary alicyclic amines) is 1. The van der Waals surface area contributed by atoms with Gasteiger partial charge in [0.15, 0.2) is 5.65 Å². The molecule has 1 aliphatic carbocycles. The van der Waals surface area contributed by atoms with E-state index in [2.05, 4.69) is 35.5 Å². The second-order valence-corrected chi connectivity index (χ2v) is 8.39. The number of rotatable bonds is 6. The van der Waals surface area contributed by atoms with Gasteiger partial charge in [0.1, 0.15) is 0 Å². The Labute approximate surface area is 172 Å². The van der Waals surface area contributed by atoms with Crippen molar-refractivity contribution in [3.63, 3.8) is 0 Å². The molecule has 1 unspecified atom stereocenters. The maximum absolute atomic E-state index is 12.0. The molecule has 2 amide bonds. The topological polar surface area (TPSA) is 83.0 Å². The number of pyridine rings is 1. The fourth-order valence-corrected chi connectivity index (χ4v) is 4.01. The fraction of sp³-hybridized carbons (Fsp3) is 0.636. The molecule has 0 bridgehead atoms. The van der Waals surface area contributed by atoms with Gasteiger partial charge in [-0.05, 0) is 56.6 Å². The molecule has 2 fully saturated rings. The highest BCUT2D eigenvalue weighted by Gasteiger charge is 2.27. The number of carbonyl (C=O) groups excluding carboxylic acids is 1. The van der Waals surface area contributed by atoms with Gasteiger partial charge in [-0.1, -0.05) is 13.8 Å². The van der Waals surface area contributed by atoms with E-state index in [1.807, 2.05) is 18.0 Å². The predicted molar refractivity (Wildman–Crippen MR) is 115 cm³/mol. The summed E-state index contributed by atoms with van der Waals surface area (Å²) < 4.78 is 0. The highest BCUT2D eigenvalue weighted by atomic mass is 16.2. The van der Waals surface area contributed by atoms with Gasteiger partial charge in [-0.3, -0.25) is 0 Å². The lowest BCUT2D eigenvalue weighted by Gasteiger charge is -2.32. The van der Waals surface area contributed by atoms with Gasteiger partial charge in [0.25, 0.3) is 0 Å².